The van der Waals surface area contributed by atoms with E-state index < -0.39 is 0 Å². The first-order valence-electron chi connectivity index (χ1n) is 6.36. The number of carbonyl (C=O) groups is 2. The van der Waals surface area contributed by atoms with Crippen LogP contribution < -0.4 is 0 Å². The smallest absolute Gasteiger partial charge is 0.181 e. The summed E-state index contributed by atoms with van der Waals surface area (Å²) in [4.78, 5) is 22.8. The van der Waals surface area contributed by atoms with Crippen molar-refractivity contribution >= 4 is 11.6 Å². The molecule has 0 radical (unpaired) electrons. The van der Waals surface area contributed by atoms with Gasteiger partial charge in [-0.25, -0.2) is 0 Å². The molecule has 96 valence electrons. The third kappa shape index (κ3) is 3.16. The molecule has 0 aromatic heterocycles. The minimum Gasteiger partial charge on any atom is -0.290 e. The molecule has 0 fully saturated rings. The molecule has 0 saturated heterocycles. The normalized spacial score (nSPS) is 23.1. The van der Waals surface area contributed by atoms with Crippen molar-refractivity contribution < 1.29 is 9.59 Å². The fraction of sp³-hybridized carbons (Fsp3) is 0.176. The topological polar surface area (TPSA) is 34.1 Å². The summed E-state index contributed by atoms with van der Waals surface area (Å²) in [5.74, 6) is 0.146. The summed E-state index contributed by atoms with van der Waals surface area (Å²) < 4.78 is 0. The highest BCUT2D eigenvalue weighted by molar-refractivity contribution is 6.06. The van der Waals surface area contributed by atoms with Crippen molar-refractivity contribution in [1.82, 2.24) is 0 Å². The van der Waals surface area contributed by atoms with Crippen LogP contribution in [0.25, 0.3) is 0 Å². The Bertz CT molecular complexity index is 605. The van der Waals surface area contributed by atoms with Crippen molar-refractivity contribution in [3.63, 3.8) is 0 Å². The number of hydrogen-bond donors (Lipinski definition) is 0. The molecule has 2 nitrogen and oxygen atoms in total. The summed E-state index contributed by atoms with van der Waals surface area (Å²) in [6.45, 7) is 3.78. The summed E-state index contributed by atoms with van der Waals surface area (Å²) >= 11 is 0. The molecule has 2 aliphatic rings. The summed E-state index contributed by atoms with van der Waals surface area (Å²) in [7, 11) is 0. The Morgan fingerprint density at radius 3 is 2.05 bits per heavy atom. The van der Waals surface area contributed by atoms with Gasteiger partial charge in [-0.15, -0.1) is 0 Å². The minimum atomic E-state index is 0.0566. The molecule has 0 aliphatic heterocycles. The summed E-state index contributed by atoms with van der Waals surface area (Å²) in [6.07, 6.45) is 15.2. The predicted octanol–water partition coefficient (Wildman–Crippen LogP) is 3.40. The Labute approximate surface area is 113 Å². The van der Waals surface area contributed by atoms with Crippen molar-refractivity contribution in [2.75, 3.05) is 0 Å². The molecule has 2 rings (SSSR count). The predicted molar refractivity (Wildman–Crippen MR) is 76.6 cm³/mol. The molecule has 0 aromatic carbocycles. The van der Waals surface area contributed by atoms with E-state index in [1.807, 2.05) is 37.3 Å². The highest BCUT2D eigenvalue weighted by atomic mass is 16.1. The zero-order valence-electron chi connectivity index (χ0n) is 11.1. The fourth-order valence-electron chi connectivity index (χ4n) is 1.95. The average Bonchev–Trinajstić information content (AvgIpc) is 2.41. The van der Waals surface area contributed by atoms with Gasteiger partial charge in [0.15, 0.2) is 11.6 Å². The maximum absolute atomic E-state index is 11.5. The summed E-state index contributed by atoms with van der Waals surface area (Å²) in [6, 6.07) is 0. The molecular formula is C17H16O2. The second-order valence-corrected chi connectivity index (χ2v) is 4.58. The van der Waals surface area contributed by atoms with Crippen molar-refractivity contribution in [3.05, 3.63) is 70.9 Å². The van der Waals surface area contributed by atoms with Crippen molar-refractivity contribution in [1.29, 1.82) is 0 Å². The van der Waals surface area contributed by atoms with E-state index in [9.17, 15) is 9.59 Å². The quantitative estimate of drug-likeness (QED) is 0.754. The Balaban J connectivity index is 2.22. The Kier molecular flexibility index (Phi) is 3.91. The third-order valence-corrected chi connectivity index (χ3v) is 3.13. The molecule has 0 aromatic rings. The van der Waals surface area contributed by atoms with Gasteiger partial charge in [0, 0.05) is 0 Å². The molecule has 0 saturated carbocycles. The van der Waals surface area contributed by atoms with Gasteiger partial charge in [0.2, 0.25) is 0 Å². The van der Waals surface area contributed by atoms with Gasteiger partial charge in [-0.1, -0.05) is 31.2 Å². The molecule has 0 amide bonds. The van der Waals surface area contributed by atoms with Gasteiger partial charge in [-0.3, -0.25) is 9.59 Å². The zero-order chi connectivity index (χ0) is 13.8. The largest absolute Gasteiger partial charge is 0.290 e. The Hall–Kier alpha value is -2.22. The van der Waals surface area contributed by atoms with E-state index in [-0.39, 0.29) is 11.6 Å². The van der Waals surface area contributed by atoms with Gasteiger partial charge in [0.05, 0.1) is 0 Å². The second-order valence-electron chi connectivity index (χ2n) is 4.58. The van der Waals surface area contributed by atoms with Crippen LogP contribution in [0, 0.1) is 0 Å². The maximum Gasteiger partial charge on any atom is 0.181 e. The number of ketones is 2. The van der Waals surface area contributed by atoms with Gasteiger partial charge >= 0.3 is 0 Å². The van der Waals surface area contributed by atoms with E-state index in [0.29, 0.717) is 0 Å². The van der Waals surface area contributed by atoms with Crippen molar-refractivity contribution in [2.24, 2.45) is 0 Å². The van der Waals surface area contributed by atoms with Crippen molar-refractivity contribution in [3.8, 4) is 0 Å². The van der Waals surface area contributed by atoms with Gasteiger partial charge in [-0.2, -0.15) is 0 Å². The van der Waals surface area contributed by atoms with Crippen LogP contribution in [0.1, 0.15) is 20.3 Å². The average molecular weight is 252 g/mol. The van der Waals surface area contributed by atoms with Crippen LogP contribution in [0.15, 0.2) is 70.9 Å². The van der Waals surface area contributed by atoms with E-state index in [1.165, 1.54) is 0 Å². The minimum absolute atomic E-state index is 0.0566. The maximum atomic E-state index is 11.5. The number of rotatable bonds is 2. The van der Waals surface area contributed by atoms with Crippen LogP contribution in [0.4, 0.5) is 0 Å². The second kappa shape index (κ2) is 5.61. The van der Waals surface area contributed by atoms with E-state index in [1.54, 1.807) is 25.2 Å². The highest BCUT2D eigenvalue weighted by Gasteiger charge is 2.09. The third-order valence-electron chi connectivity index (χ3n) is 3.13. The molecule has 0 heterocycles. The van der Waals surface area contributed by atoms with Gasteiger partial charge < -0.3 is 0 Å². The Morgan fingerprint density at radius 1 is 0.895 bits per heavy atom. The highest BCUT2D eigenvalue weighted by Crippen LogP contribution is 2.17. The van der Waals surface area contributed by atoms with E-state index in [2.05, 4.69) is 0 Å². The van der Waals surface area contributed by atoms with Crippen LogP contribution in [0.2, 0.25) is 0 Å². The molecule has 0 N–H and O–H groups in total. The summed E-state index contributed by atoms with van der Waals surface area (Å²) in [5.41, 5.74) is 3.56. The molecule has 0 unspecified atom stereocenters. The first kappa shape index (κ1) is 13.2. The lowest BCUT2D eigenvalue weighted by Gasteiger charge is -2.07. The van der Waals surface area contributed by atoms with Crippen molar-refractivity contribution in [2.45, 2.75) is 20.3 Å². The monoisotopic (exact) mass is 252 g/mol. The van der Waals surface area contributed by atoms with Gasteiger partial charge in [0.1, 0.15) is 0 Å². The lowest BCUT2D eigenvalue weighted by atomic mass is 9.97. The number of carbonyl (C=O) groups excluding carboxylic acids is 2. The van der Waals surface area contributed by atoms with E-state index in [0.717, 1.165) is 28.7 Å². The number of hydrogen-bond acceptors (Lipinski definition) is 2. The number of allylic oxidation sites excluding steroid dienone is 12. The van der Waals surface area contributed by atoms with Gasteiger partial charge in [-0.05, 0) is 59.9 Å². The van der Waals surface area contributed by atoms with Gasteiger partial charge in [0.25, 0.3) is 0 Å². The van der Waals surface area contributed by atoms with E-state index in [4.69, 9.17) is 0 Å². The van der Waals surface area contributed by atoms with Crippen LogP contribution in [0.5, 0.6) is 0 Å². The lowest BCUT2D eigenvalue weighted by molar-refractivity contribution is -0.112. The zero-order valence-corrected chi connectivity index (χ0v) is 11.1. The first-order valence-corrected chi connectivity index (χ1v) is 6.36. The molecule has 2 aliphatic carbocycles. The molecule has 2 heteroatoms. The standard InChI is InChI=1S/C17H16O2/c1-3-15-11-14(7-9-17(15)19)5-4-13-6-8-16(18)12(2)10-13/h4-11H,3H2,1-2H3/b13-4+,14-5+. The fourth-order valence-corrected chi connectivity index (χ4v) is 1.95. The molecule has 0 spiro atoms. The molecule has 0 atom stereocenters. The van der Waals surface area contributed by atoms with Crippen LogP contribution >= 0.6 is 0 Å². The first-order chi connectivity index (χ1) is 9.10. The molecule has 0 bridgehead atoms. The molecular weight excluding hydrogens is 236 g/mol. The molecule has 19 heavy (non-hydrogen) atoms. The van der Waals surface area contributed by atoms with Crippen LogP contribution in [-0.2, 0) is 9.59 Å². The Morgan fingerprint density at radius 2 is 1.47 bits per heavy atom. The lowest BCUT2D eigenvalue weighted by Crippen LogP contribution is -2.02. The SMILES string of the molecule is CCC1=C/C(=C/C=C2\C=CC(=O)C(C)=C2)C=CC1=O. The van der Waals surface area contributed by atoms with E-state index >= 15 is 0 Å². The summed E-state index contributed by atoms with van der Waals surface area (Å²) in [5, 5.41) is 0. The van der Waals surface area contributed by atoms with Crippen LogP contribution in [-0.4, -0.2) is 11.6 Å². The van der Waals surface area contributed by atoms with Crippen LogP contribution in [0.3, 0.4) is 0 Å².